The van der Waals surface area contributed by atoms with E-state index < -0.39 is 0 Å². The highest BCUT2D eigenvalue weighted by atomic mass is 19.1. The summed E-state index contributed by atoms with van der Waals surface area (Å²) in [5.74, 6) is 1.18. The predicted octanol–water partition coefficient (Wildman–Crippen LogP) is 4.96. The number of para-hydroxylation sites is 1. The molecular weight excluding hydrogens is 227 g/mol. The molecule has 0 amide bonds. The van der Waals surface area contributed by atoms with E-state index in [4.69, 9.17) is 4.74 Å². The van der Waals surface area contributed by atoms with Crippen molar-refractivity contribution in [2.24, 2.45) is 5.92 Å². The van der Waals surface area contributed by atoms with Gasteiger partial charge in [0.15, 0.2) is 11.6 Å². The summed E-state index contributed by atoms with van der Waals surface area (Å²) in [7, 11) is 0. The topological polar surface area (TPSA) is 9.23 Å². The Labute approximate surface area is 109 Å². The maximum Gasteiger partial charge on any atom is 0.165 e. The third kappa shape index (κ3) is 5.07. The maximum absolute atomic E-state index is 13.2. The summed E-state index contributed by atoms with van der Waals surface area (Å²) in [5, 5.41) is 0. The van der Waals surface area contributed by atoms with Gasteiger partial charge >= 0.3 is 0 Å². The smallest absolute Gasteiger partial charge is 0.165 e. The lowest BCUT2D eigenvalue weighted by atomic mass is 10.1. The van der Waals surface area contributed by atoms with Gasteiger partial charge in [0.25, 0.3) is 0 Å². The van der Waals surface area contributed by atoms with Crippen molar-refractivity contribution in [3.8, 4) is 5.75 Å². The van der Waals surface area contributed by atoms with E-state index in [1.807, 2.05) is 0 Å². The van der Waals surface area contributed by atoms with Gasteiger partial charge in [-0.15, -0.1) is 0 Å². The van der Waals surface area contributed by atoms with Crippen molar-refractivity contribution in [1.82, 2.24) is 0 Å². The second kappa shape index (κ2) is 7.40. The normalized spacial score (nSPS) is 14.7. The minimum atomic E-state index is -0.262. The lowest BCUT2D eigenvalue weighted by Crippen LogP contribution is -1.99. The summed E-state index contributed by atoms with van der Waals surface area (Å²) in [6.07, 6.45) is 10.6. The van der Waals surface area contributed by atoms with Gasteiger partial charge in [-0.1, -0.05) is 57.1 Å². The first-order chi connectivity index (χ1) is 8.86. The minimum absolute atomic E-state index is 0.262. The van der Waals surface area contributed by atoms with E-state index in [1.54, 1.807) is 18.2 Å². The van der Waals surface area contributed by atoms with E-state index in [0.29, 0.717) is 12.4 Å². The number of hydrogen-bond acceptors (Lipinski definition) is 1. The molecule has 1 nitrogen and oxygen atoms in total. The van der Waals surface area contributed by atoms with Gasteiger partial charge in [0.2, 0.25) is 0 Å². The summed E-state index contributed by atoms with van der Waals surface area (Å²) in [6.45, 7) is 0.629. The summed E-state index contributed by atoms with van der Waals surface area (Å²) >= 11 is 0. The van der Waals surface area contributed by atoms with Crippen LogP contribution in [0.3, 0.4) is 0 Å². The molecule has 0 aromatic heterocycles. The average Bonchev–Trinajstić information content (AvgIpc) is 3.19. The van der Waals surface area contributed by atoms with Crippen LogP contribution in [0.5, 0.6) is 5.75 Å². The molecule has 2 heteroatoms. The quantitative estimate of drug-likeness (QED) is 0.563. The third-order valence-electron chi connectivity index (χ3n) is 3.55. The monoisotopic (exact) mass is 250 g/mol. The fourth-order valence-electron chi connectivity index (χ4n) is 2.22. The Morgan fingerprint density at radius 1 is 1.00 bits per heavy atom. The van der Waals surface area contributed by atoms with Crippen LogP contribution in [-0.4, -0.2) is 6.61 Å². The Balaban J connectivity index is 1.44. The molecule has 1 aromatic rings. The molecule has 0 N–H and O–H groups in total. The summed E-state index contributed by atoms with van der Waals surface area (Å²) in [4.78, 5) is 0. The first kappa shape index (κ1) is 13.4. The fraction of sp³-hybridized carbons (Fsp3) is 0.625. The van der Waals surface area contributed by atoms with E-state index in [-0.39, 0.29) is 5.82 Å². The Bertz CT molecular complexity index is 347. The summed E-state index contributed by atoms with van der Waals surface area (Å²) < 4.78 is 18.6. The molecule has 1 aromatic carbocycles. The first-order valence-electron chi connectivity index (χ1n) is 7.23. The molecular formula is C16H23FO. The van der Waals surface area contributed by atoms with Gasteiger partial charge in [0, 0.05) is 0 Å². The first-order valence-corrected chi connectivity index (χ1v) is 7.23. The van der Waals surface area contributed by atoms with E-state index in [2.05, 4.69) is 0 Å². The van der Waals surface area contributed by atoms with E-state index in [9.17, 15) is 4.39 Å². The van der Waals surface area contributed by atoms with Gasteiger partial charge in [-0.2, -0.15) is 0 Å². The van der Waals surface area contributed by atoms with Crippen molar-refractivity contribution in [1.29, 1.82) is 0 Å². The zero-order valence-electron chi connectivity index (χ0n) is 11.0. The van der Waals surface area contributed by atoms with E-state index in [0.717, 1.165) is 12.3 Å². The zero-order chi connectivity index (χ0) is 12.6. The number of halogens is 1. The molecule has 18 heavy (non-hydrogen) atoms. The largest absolute Gasteiger partial charge is 0.491 e. The highest BCUT2D eigenvalue weighted by molar-refractivity contribution is 5.23. The number of ether oxygens (including phenoxy) is 1. The van der Waals surface area contributed by atoms with Crippen molar-refractivity contribution in [2.45, 2.75) is 51.4 Å². The van der Waals surface area contributed by atoms with Crippen molar-refractivity contribution >= 4 is 0 Å². The molecule has 0 saturated heterocycles. The average molecular weight is 250 g/mol. The van der Waals surface area contributed by atoms with Crippen molar-refractivity contribution in [3.63, 3.8) is 0 Å². The van der Waals surface area contributed by atoms with Crippen LogP contribution in [-0.2, 0) is 0 Å². The molecule has 1 aliphatic rings. The van der Waals surface area contributed by atoms with Gasteiger partial charge in [-0.25, -0.2) is 4.39 Å². The molecule has 0 unspecified atom stereocenters. The van der Waals surface area contributed by atoms with Crippen LogP contribution in [0.2, 0.25) is 0 Å². The number of hydrogen-bond donors (Lipinski definition) is 0. The van der Waals surface area contributed by atoms with Crippen LogP contribution in [0, 0.1) is 11.7 Å². The molecule has 0 atom stereocenters. The predicted molar refractivity (Wildman–Crippen MR) is 72.3 cm³/mol. The second-order valence-electron chi connectivity index (χ2n) is 5.28. The maximum atomic E-state index is 13.2. The third-order valence-corrected chi connectivity index (χ3v) is 3.55. The molecule has 2 rings (SSSR count). The minimum Gasteiger partial charge on any atom is -0.491 e. The Hall–Kier alpha value is -1.05. The van der Waals surface area contributed by atoms with Gasteiger partial charge < -0.3 is 4.74 Å². The van der Waals surface area contributed by atoms with Crippen LogP contribution >= 0.6 is 0 Å². The number of unbranched alkanes of at least 4 members (excludes halogenated alkanes) is 4. The fourth-order valence-corrected chi connectivity index (χ4v) is 2.22. The van der Waals surface area contributed by atoms with Gasteiger partial charge in [-0.05, 0) is 24.5 Å². The molecule has 0 heterocycles. The lowest BCUT2D eigenvalue weighted by Gasteiger charge is -2.06. The van der Waals surface area contributed by atoms with E-state index in [1.165, 1.54) is 51.0 Å². The Kier molecular flexibility index (Phi) is 5.50. The highest BCUT2D eigenvalue weighted by Crippen LogP contribution is 2.34. The molecule has 0 aliphatic heterocycles. The van der Waals surface area contributed by atoms with Crippen LogP contribution in [0.4, 0.5) is 4.39 Å². The summed E-state index contributed by atoms with van der Waals surface area (Å²) in [5.41, 5.74) is 0. The standard InChI is InChI=1S/C16H23FO/c17-15-9-5-6-10-16(15)18-13-7-3-1-2-4-8-14-11-12-14/h5-6,9-10,14H,1-4,7-8,11-13H2. The van der Waals surface area contributed by atoms with Crippen LogP contribution < -0.4 is 4.74 Å². The SMILES string of the molecule is Fc1ccccc1OCCCCCCCC1CC1. The molecule has 100 valence electrons. The second-order valence-corrected chi connectivity index (χ2v) is 5.28. The molecule has 1 aliphatic carbocycles. The number of benzene rings is 1. The zero-order valence-corrected chi connectivity index (χ0v) is 11.0. The van der Waals surface area contributed by atoms with Gasteiger partial charge in [0.1, 0.15) is 0 Å². The van der Waals surface area contributed by atoms with Crippen molar-refractivity contribution in [2.75, 3.05) is 6.61 Å². The summed E-state index contributed by atoms with van der Waals surface area (Å²) in [6, 6.07) is 6.61. The van der Waals surface area contributed by atoms with Crippen LogP contribution in [0.1, 0.15) is 51.4 Å². The van der Waals surface area contributed by atoms with Crippen molar-refractivity contribution < 1.29 is 9.13 Å². The van der Waals surface area contributed by atoms with Crippen molar-refractivity contribution in [3.05, 3.63) is 30.1 Å². The van der Waals surface area contributed by atoms with Crippen LogP contribution in [0.15, 0.2) is 24.3 Å². The Morgan fingerprint density at radius 2 is 1.72 bits per heavy atom. The molecule has 0 spiro atoms. The van der Waals surface area contributed by atoms with E-state index >= 15 is 0 Å². The molecule has 1 saturated carbocycles. The molecule has 0 radical (unpaired) electrons. The highest BCUT2D eigenvalue weighted by Gasteiger charge is 2.19. The number of rotatable bonds is 9. The van der Waals surface area contributed by atoms with Gasteiger partial charge in [-0.3, -0.25) is 0 Å². The van der Waals surface area contributed by atoms with Gasteiger partial charge in [0.05, 0.1) is 6.61 Å². The molecule has 0 bridgehead atoms. The molecule has 1 fully saturated rings. The van der Waals surface area contributed by atoms with Crippen LogP contribution in [0.25, 0.3) is 0 Å². The Morgan fingerprint density at radius 3 is 2.50 bits per heavy atom. The lowest BCUT2D eigenvalue weighted by molar-refractivity contribution is 0.290.